The summed E-state index contributed by atoms with van der Waals surface area (Å²) in [5, 5.41) is 17.4. The molecule has 3 rings (SSSR count). The first-order chi connectivity index (χ1) is 8.27. The summed E-state index contributed by atoms with van der Waals surface area (Å²) < 4.78 is 1.75. The average Bonchev–Trinajstić information content (AvgIpc) is 2.68. The van der Waals surface area contributed by atoms with E-state index in [1.54, 1.807) is 16.8 Å². The van der Waals surface area contributed by atoms with Crippen LogP contribution in [0.15, 0.2) is 24.3 Å². The molecule has 88 valence electrons. The molecule has 1 aliphatic rings. The molecular weight excluding hydrogens is 216 g/mol. The number of nitrogens with two attached hydrogens (primary N) is 1. The Bertz CT molecular complexity index is 562. The van der Waals surface area contributed by atoms with E-state index in [-0.39, 0.29) is 5.75 Å². The topological polar surface area (TPSA) is 76.1 Å². The van der Waals surface area contributed by atoms with Gasteiger partial charge in [0.15, 0.2) is 5.82 Å². The van der Waals surface area contributed by atoms with E-state index in [0.29, 0.717) is 11.5 Å². The summed E-state index contributed by atoms with van der Waals surface area (Å²) in [6.07, 6.45) is 0.869. The van der Waals surface area contributed by atoms with E-state index in [9.17, 15) is 5.11 Å². The molecule has 4 N–H and O–H groups in total. The molecule has 1 aromatic heterocycles. The van der Waals surface area contributed by atoms with E-state index in [1.807, 2.05) is 12.1 Å². The first-order valence-electron chi connectivity index (χ1n) is 5.62. The molecule has 1 aromatic carbocycles. The summed E-state index contributed by atoms with van der Waals surface area (Å²) in [5.41, 5.74) is 8.71. The van der Waals surface area contributed by atoms with E-state index in [2.05, 4.69) is 10.4 Å². The SMILES string of the molecule is Nc1nn(-c2ccccc2O)c2c1CNCC2. The van der Waals surface area contributed by atoms with Gasteiger partial charge in [0.2, 0.25) is 0 Å². The number of hydrogen-bond donors (Lipinski definition) is 3. The highest BCUT2D eigenvalue weighted by molar-refractivity contribution is 5.52. The van der Waals surface area contributed by atoms with Gasteiger partial charge in [-0.3, -0.25) is 0 Å². The summed E-state index contributed by atoms with van der Waals surface area (Å²) >= 11 is 0. The minimum absolute atomic E-state index is 0.219. The van der Waals surface area contributed by atoms with Crippen molar-refractivity contribution in [1.29, 1.82) is 0 Å². The second-order valence-corrected chi connectivity index (χ2v) is 4.14. The molecule has 0 spiro atoms. The Morgan fingerprint density at radius 1 is 1.35 bits per heavy atom. The molecular formula is C12H14N4O. The molecule has 0 fully saturated rings. The highest BCUT2D eigenvalue weighted by Gasteiger charge is 2.20. The monoisotopic (exact) mass is 230 g/mol. The number of phenols is 1. The van der Waals surface area contributed by atoms with Crippen molar-refractivity contribution in [2.75, 3.05) is 12.3 Å². The number of benzene rings is 1. The standard InChI is InChI=1S/C12H14N4O/c13-12-8-7-14-6-5-9(8)16(15-12)10-3-1-2-4-11(10)17/h1-4,14,17H,5-7H2,(H2,13,15). The minimum Gasteiger partial charge on any atom is -0.506 e. The number of nitrogens with one attached hydrogen (secondary N) is 1. The molecule has 0 bridgehead atoms. The summed E-state index contributed by atoms with van der Waals surface area (Å²) in [4.78, 5) is 0. The van der Waals surface area contributed by atoms with Crippen molar-refractivity contribution >= 4 is 5.82 Å². The average molecular weight is 230 g/mol. The third kappa shape index (κ3) is 1.55. The number of rotatable bonds is 1. The first kappa shape index (κ1) is 10.2. The van der Waals surface area contributed by atoms with Gasteiger partial charge >= 0.3 is 0 Å². The zero-order valence-electron chi connectivity index (χ0n) is 9.35. The Morgan fingerprint density at radius 3 is 3.00 bits per heavy atom. The third-order valence-electron chi connectivity index (χ3n) is 3.07. The van der Waals surface area contributed by atoms with E-state index in [0.717, 1.165) is 30.8 Å². The Morgan fingerprint density at radius 2 is 2.18 bits per heavy atom. The maximum absolute atomic E-state index is 9.86. The second-order valence-electron chi connectivity index (χ2n) is 4.14. The molecule has 17 heavy (non-hydrogen) atoms. The maximum atomic E-state index is 9.86. The molecule has 5 nitrogen and oxygen atoms in total. The number of hydrogen-bond acceptors (Lipinski definition) is 4. The van der Waals surface area contributed by atoms with E-state index >= 15 is 0 Å². The van der Waals surface area contributed by atoms with Gasteiger partial charge in [-0.05, 0) is 12.1 Å². The predicted octanol–water partition coefficient (Wildman–Crippen LogP) is 0.806. The number of nitrogen functional groups attached to an aromatic ring is 1. The van der Waals surface area contributed by atoms with Gasteiger partial charge in [-0.2, -0.15) is 0 Å². The normalized spacial score (nSPS) is 14.6. The van der Waals surface area contributed by atoms with Crippen LogP contribution in [0.2, 0.25) is 0 Å². The van der Waals surface area contributed by atoms with Crippen LogP contribution in [-0.2, 0) is 13.0 Å². The van der Waals surface area contributed by atoms with Gasteiger partial charge in [-0.1, -0.05) is 12.1 Å². The molecule has 1 aliphatic heterocycles. The predicted molar refractivity (Wildman–Crippen MR) is 65.1 cm³/mol. The van der Waals surface area contributed by atoms with E-state index in [4.69, 9.17) is 5.73 Å². The molecule has 0 aliphatic carbocycles. The van der Waals surface area contributed by atoms with E-state index < -0.39 is 0 Å². The summed E-state index contributed by atoms with van der Waals surface area (Å²) in [6, 6.07) is 7.16. The molecule has 2 aromatic rings. The Hall–Kier alpha value is -2.01. The van der Waals surface area contributed by atoms with Crippen molar-refractivity contribution in [1.82, 2.24) is 15.1 Å². The Labute approximate surface area is 98.9 Å². The fraction of sp³-hybridized carbons (Fsp3) is 0.250. The smallest absolute Gasteiger partial charge is 0.150 e. The fourth-order valence-corrected chi connectivity index (χ4v) is 2.22. The van der Waals surface area contributed by atoms with Gasteiger partial charge in [0.25, 0.3) is 0 Å². The number of anilines is 1. The van der Waals surface area contributed by atoms with Crippen molar-refractivity contribution in [3.8, 4) is 11.4 Å². The van der Waals surface area contributed by atoms with Gasteiger partial charge in [0.1, 0.15) is 11.4 Å². The van der Waals surface area contributed by atoms with Gasteiger partial charge in [0.05, 0.1) is 5.69 Å². The number of fused-ring (bicyclic) bond motifs is 1. The Kier molecular flexibility index (Phi) is 2.26. The number of phenolic OH excluding ortho intramolecular Hbond substituents is 1. The highest BCUT2D eigenvalue weighted by Crippen LogP contribution is 2.27. The van der Waals surface area contributed by atoms with Crippen LogP contribution in [0.5, 0.6) is 5.75 Å². The van der Waals surface area contributed by atoms with Crippen molar-refractivity contribution < 1.29 is 5.11 Å². The molecule has 0 radical (unpaired) electrons. The van der Waals surface area contributed by atoms with E-state index in [1.165, 1.54) is 0 Å². The quantitative estimate of drug-likeness (QED) is 0.677. The Balaban J connectivity index is 2.19. The molecule has 0 saturated carbocycles. The zero-order chi connectivity index (χ0) is 11.8. The van der Waals surface area contributed by atoms with Crippen LogP contribution < -0.4 is 11.1 Å². The van der Waals surface area contributed by atoms with Crippen LogP contribution in [0.3, 0.4) is 0 Å². The molecule has 5 heteroatoms. The molecule has 0 amide bonds. The first-order valence-corrected chi connectivity index (χ1v) is 5.62. The van der Waals surface area contributed by atoms with Gasteiger partial charge < -0.3 is 16.2 Å². The maximum Gasteiger partial charge on any atom is 0.150 e. The summed E-state index contributed by atoms with van der Waals surface area (Å²) in [6.45, 7) is 1.65. The number of nitrogens with zero attached hydrogens (tertiary/aromatic N) is 2. The van der Waals surface area contributed by atoms with Crippen molar-refractivity contribution in [3.05, 3.63) is 35.5 Å². The van der Waals surface area contributed by atoms with Crippen LogP contribution in [0.4, 0.5) is 5.82 Å². The van der Waals surface area contributed by atoms with Crippen molar-refractivity contribution in [2.24, 2.45) is 0 Å². The fourth-order valence-electron chi connectivity index (χ4n) is 2.22. The third-order valence-corrected chi connectivity index (χ3v) is 3.07. The lowest BCUT2D eigenvalue weighted by molar-refractivity contribution is 0.469. The lowest BCUT2D eigenvalue weighted by Crippen LogP contribution is -2.24. The van der Waals surface area contributed by atoms with Crippen LogP contribution in [0.25, 0.3) is 5.69 Å². The lowest BCUT2D eigenvalue weighted by Gasteiger charge is -2.15. The minimum atomic E-state index is 0.219. The molecule has 2 heterocycles. The lowest BCUT2D eigenvalue weighted by atomic mass is 10.1. The van der Waals surface area contributed by atoms with Crippen molar-refractivity contribution in [3.63, 3.8) is 0 Å². The van der Waals surface area contributed by atoms with Crippen LogP contribution in [-0.4, -0.2) is 21.4 Å². The van der Waals surface area contributed by atoms with Gasteiger partial charge in [0, 0.05) is 25.1 Å². The summed E-state index contributed by atoms with van der Waals surface area (Å²) in [5.74, 6) is 0.756. The number of aromatic nitrogens is 2. The number of para-hydroxylation sites is 2. The van der Waals surface area contributed by atoms with Crippen molar-refractivity contribution in [2.45, 2.75) is 13.0 Å². The highest BCUT2D eigenvalue weighted by atomic mass is 16.3. The molecule has 0 saturated heterocycles. The van der Waals surface area contributed by atoms with Crippen LogP contribution >= 0.6 is 0 Å². The second kappa shape index (κ2) is 3.78. The molecule has 0 unspecified atom stereocenters. The molecule has 0 atom stereocenters. The largest absolute Gasteiger partial charge is 0.506 e. The van der Waals surface area contributed by atoms with Gasteiger partial charge in [-0.25, -0.2) is 4.68 Å². The summed E-state index contributed by atoms with van der Waals surface area (Å²) in [7, 11) is 0. The van der Waals surface area contributed by atoms with Crippen LogP contribution in [0.1, 0.15) is 11.3 Å². The van der Waals surface area contributed by atoms with Gasteiger partial charge in [-0.15, -0.1) is 5.10 Å². The zero-order valence-corrected chi connectivity index (χ0v) is 9.35. The van der Waals surface area contributed by atoms with Crippen LogP contribution in [0, 0.1) is 0 Å². The number of aromatic hydroxyl groups is 1.